The highest BCUT2D eigenvalue weighted by atomic mass is 16.5. The summed E-state index contributed by atoms with van der Waals surface area (Å²) in [5, 5.41) is 0. The molecule has 0 radical (unpaired) electrons. The quantitative estimate of drug-likeness (QED) is 0.677. The number of rotatable bonds is 2. The molecule has 2 atom stereocenters. The Bertz CT molecular complexity index is 157. The van der Waals surface area contributed by atoms with Crippen LogP contribution in [0.5, 0.6) is 0 Å². The maximum Gasteiger partial charge on any atom is 0.0507 e. The van der Waals surface area contributed by atoms with Crippen molar-refractivity contribution in [3.8, 4) is 0 Å². The monoisotopic (exact) mass is 184 g/mol. The Hall–Kier alpha value is -0.120. The minimum Gasteiger partial charge on any atom is -0.381 e. The Morgan fingerprint density at radius 2 is 2.31 bits per heavy atom. The molecule has 2 aliphatic heterocycles. The summed E-state index contributed by atoms with van der Waals surface area (Å²) in [6, 6.07) is 0.413. The lowest BCUT2D eigenvalue weighted by Gasteiger charge is -2.32. The molecule has 0 amide bonds. The van der Waals surface area contributed by atoms with E-state index in [2.05, 4.69) is 4.90 Å². The van der Waals surface area contributed by atoms with E-state index in [1.54, 1.807) is 0 Å². The van der Waals surface area contributed by atoms with Crippen LogP contribution in [-0.2, 0) is 4.74 Å². The van der Waals surface area contributed by atoms with Gasteiger partial charge in [-0.05, 0) is 31.7 Å². The van der Waals surface area contributed by atoms with Gasteiger partial charge in [0.1, 0.15) is 0 Å². The lowest BCUT2D eigenvalue weighted by Crippen LogP contribution is -2.44. The lowest BCUT2D eigenvalue weighted by atomic mass is 10.0. The number of nitrogens with zero attached hydrogens (tertiary/aromatic N) is 1. The third kappa shape index (κ3) is 2.66. The molecular formula is C10H20N2O. The molecule has 0 aromatic rings. The van der Waals surface area contributed by atoms with Gasteiger partial charge >= 0.3 is 0 Å². The highest BCUT2D eigenvalue weighted by Gasteiger charge is 2.22. The van der Waals surface area contributed by atoms with Gasteiger partial charge in [-0.1, -0.05) is 0 Å². The zero-order chi connectivity index (χ0) is 9.10. The van der Waals surface area contributed by atoms with Crippen molar-refractivity contribution in [2.75, 3.05) is 32.8 Å². The molecule has 3 heteroatoms. The molecule has 2 aliphatic rings. The smallest absolute Gasteiger partial charge is 0.0507 e. The minimum absolute atomic E-state index is 0.413. The number of hydrogen-bond acceptors (Lipinski definition) is 3. The summed E-state index contributed by atoms with van der Waals surface area (Å²) in [6.07, 6.45) is 3.72. The molecule has 0 bridgehead atoms. The maximum atomic E-state index is 5.93. The summed E-state index contributed by atoms with van der Waals surface area (Å²) in [6.45, 7) is 5.46. The summed E-state index contributed by atoms with van der Waals surface area (Å²) in [7, 11) is 0. The average molecular weight is 184 g/mol. The van der Waals surface area contributed by atoms with Crippen molar-refractivity contribution in [3.63, 3.8) is 0 Å². The van der Waals surface area contributed by atoms with Crippen LogP contribution in [0.2, 0.25) is 0 Å². The van der Waals surface area contributed by atoms with Gasteiger partial charge in [-0.25, -0.2) is 0 Å². The van der Waals surface area contributed by atoms with Crippen molar-refractivity contribution in [3.05, 3.63) is 0 Å². The van der Waals surface area contributed by atoms with Gasteiger partial charge in [-0.3, -0.25) is 0 Å². The van der Waals surface area contributed by atoms with Crippen molar-refractivity contribution in [1.29, 1.82) is 0 Å². The van der Waals surface area contributed by atoms with Crippen molar-refractivity contribution in [2.45, 2.75) is 25.3 Å². The molecule has 0 aliphatic carbocycles. The number of piperidine rings is 1. The molecule has 0 aromatic carbocycles. The van der Waals surface area contributed by atoms with E-state index >= 15 is 0 Å². The highest BCUT2D eigenvalue weighted by Crippen LogP contribution is 2.16. The summed E-state index contributed by atoms with van der Waals surface area (Å²) < 4.78 is 5.37. The minimum atomic E-state index is 0.413. The van der Waals surface area contributed by atoms with Crippen LogP contribution in [-0.4, -0.2) is 43.8 Å². The van der Waals surface area contributed by atoms with E-state index in [1.165, 1.54) is 32.4 Å². The first-order chi connectivity index (χ1) is 6.34. The van der Waals surface area contributed by atoms with Gasteiger partial charge in [0, 0.05) is 25.7 Å². The first-order valence-electron chi connectivity index (χ1n) is 5.40. The predicted molar refractivity (Wildman–Crippen MR) is 52.6 cm³/mol. The first kappa shape index (κ1) is 9.44. The highest BCUT2D eigenvalue weighted by molar-refractivity contribution is 4.78. The molecule has 3 nitrogen and oxygen atoms in total. The van der Waals surface area contributed by atoms with Crippen LogP contribution in [0.1, 0.15) is 19.3 Å². The molecule has 0 saturated carbocycles. The van der Waals surface area contributed by atoms with Gasteiger partial charge < -0.3 is 15.4 Å². The third-order valence-electron chi connectivity index (χ3n) is 3.08. The van der Waals surface area contributed by atoms with Crippen molar-refractivity contribution in [1.82, 2.24) is 4.90 Å². The van der Waals surface area contributed by atoms with Gasteiger partial charge in [0.15, 0.2) is 0 Å². The number of nitrogens with two attached hydrogens (primary N) is 1. The second kappa shape index (κ2) is 4.40. The van der Waals surface area contributed by atoms with E-state index in [-0.39, 0.29) is 0 Å². The first-order valence-corrected chi connectivity index (χ1v) is 5.40. The fraction of sp³-hybridized carbons (Fsp3) is 1.00. The summed E-state index contributed by atoms with van der Waals surface area (Å²) >= 11 is 0. The van der Waals surface area contributed by atoms with E-state index in [1.807, 2.05) is 0 Å². The van der Waals surface area contributed by atoms with Gasteiger partial charge in [-0.2, -0.15) is 0 Å². The Kier molecular flexibility index (Phi) is 3.19. The zero-order valence-corrected chi connectivity index (χ0v) is 8.24. The van der Waals surface area contributed by atoms with Crippen molar-refractivity contribution >= 4 is 0 Å². The van der Waals surface area contributed by atoms with Crippen LogP contribution in [0.4, 0.5) is 0 Å². The molecule has 76 valence electrons. The molecule has 2 unspecified atom stereocenters. The van der Waals surface area contributed by atoms with Crippen LogP contribution < -0.4 is 5.73 Å². The Balaban J connectivity index is 1.73. The van der Waals surface area contributed by atoms with Gasteiger partial charge in [-0.15, -0.1) is 0 Å². The van der Waals surface area contributed by atoms with E-state index < -0.39 is 0 Å². The van der Waals surface area contributed by atoms with Crippen LogP contribution in [0, 0.1) is 5.92 Å². The number of ether oxygens (including phenoxy) is 1. The zero-order valence-electron chi connectivity index (χ0n) is 8.24. The predicted octanol–water partition coefficient (Wildman–Crippen LogP) is 0.446. The molecule has 0 aromatic heterocycles. The average Bonchev–Trinajstić information content (AvgIpc) is 2.57. The Labute approximate surface area is 80.2 Å². The summed E-state index contributed by atoms with van der Waals surface area (Å²) in [5.41, 5.74) is 5.93. The molecule has 13 heavy (non-hydrogen) atoms. The van der Waals surface area contributed by atoms with Crippen molar-refractivity contribution in [2.24, 2.45) is 11.7 Å². The topological polar surface area (TPSA) is 38.5 Å². The van der Waals surface area contributed by atoms with Gasteiger partial charge in [0.05, 0.1) is 6.61 Å². The fourth-order valence-electron chi connectivity index (χ4n) is 2.35. The molecule has 2 fully saturated rings. The van der Waals surface area contributed by atoms with Crippen molar-refractivity contribution < 1.29 is 4.74 Å². The second-order valence-electron chi connectivity index (χ2n) is 4.39. The largest absolute Gasteiger partial charge is 0.381 e. The summed E-state index contributed by atoms with van der Waals surface area (Å²) in [4.78, 5) is 2.51. The maximum absolute atomic E-state index is 5.93. The third-order valence-corrected chi connectivity index (χ3v) is 3.08. The van der Waals surface area contributed by atoms with Gasteiger partial charge in [0.2, 0.25) is 0 Å². The molecule has 2 rings (SSSR count). The normalized spacial score (nSPS) is 36.7. The molecule has 2 heterocycles. The SMILES string of the molecule is NC1CCCN(CC2CCOC2)C1. The Morgan fingerprint density at radius 1 is 1.38 bits per heavy atom. The van der Waals surface area contributed by atoms with Crippen LogP contribution in [0.15, 0.2) is 0 Å². The molecule has 2 N–H and O–H groups in total. The molecule has 2 saturated heterocycles. The van der Waals surface area contributed by atoms with Crippen LogP contribution in [0.3, 0.4) is 0 Å². The fourth-order valence-corrected chi connectivity index (χ4v) is 2.35. The van der Waals surface area contributed by atoms with E-state index in [4.69, 9.17) is 10.5 Å². The number of likely N-dealkylation sites (tertiary alicyclic amines) is 1. The van der Waals surface area contributed by atoms with E-state index in [0.29, 0.717) is 6.04 Å². The van der Waals surface area contributed by atoms with Crippen LogP contribution >= 0.6 is 0 Å². The second-order valence-corrected chi connectivity index (χ2v) is 4.39. The lowest BCUT2D eigenvalue weighted by molar-refractivity contribution is 0.151. The molecule has 0 spiro atoms. The molecular weight excluding hydrogens is 164 g/mol. The Morgan fingerprint density at radius 3 is 3.00 bits per heavy atom. The standard InChI is InChI=1S/C10H20N2O/c11-10-2-1-4-12(7-10)6-9-3-5-13-8-9/h9-10H,1-8,11H2. The van der Waals surface area contributed by atoms with Gasteiger partial charge in [0.25, 0.3) is 0 Å². The van der Waals surface area contributed by atoms with E-state index in [0.717, 1.165) is 25.7 Å². The van der Waals surface area contributed by atoms with E-state index in [9.17, 15) is 0 Å². The number of hydrogen-bond donors (Lipinski definition) is 1. The van der Waals surface area contributed by atoms with Crippen LogP contribution in [0.25, 0.3) is 0 Å². The summed E-state index contributed by atoms with van der Waals surface area (Å²) in [5.74, 6) is 0.769.